The summed E-state index contributed by atoms with van der Waals surface area (Å²) in [7, 11) is 0. The van der Waals surface area contributed by atoms with Gasteiger partial charge in [-0.05, 0) is 31.4 Å². The number of para-hydroxylation sites is 2. The van der Waals surface area contributed by atoms with Gasteiger partial charge in [0.1, 0.15) is 12.7 Å². The van der Waals surface area contributed by atoms with Gasteiger partial charge in [-0.15, -0.1) is 0 Å². The van der Waals surface area contributed by atoms with E-state index in [0.29, 0.717) is 6.61 Å². The lowest BCUT2D eigenvalue weighted by Gasteiger charge is -2.26. The molecule has 0 radical (unpaired) electrons. The van der Waals surface area contributed by atoms with E-state index in [1.807, 2.05) is 24.3 Å². The highest BCUT2D eigenvalue weighted by Gasteiger charge is 2.19. The van der Waals surface area contributed by atoms with Crippen LogP contribution in [0.3, 0.4) is 0 Å². The number of unbranched alkanes of at least 4 members (excludes halogenated alkanes) is 1. The normalized spacial score (nSPS) is 18.9. The van der Waals surface area contributed by atoms with Crippen molar-refractivity contribution in [1.82, 2.24) is 0 Å². The number of ether oxygens (including phenoxy) is 2. The Bertz CT molecular complexity index is 314. The number of fused-ring (bicyclic) bond motifs is 1. The van der Waals surface area contributed by atoms with Crippen LogP contribution >= 0.6 is 15.9 Å². The number of rotatable bonds is 4. The topological polar surface area (TPSA) is 18.5 Å². The van der Waals surface area contributed by atoms with Crippen LogP contribution in [0.2, 0.25) is 0 Å². The second-order valence-electron chi connectivity index (χ2n) is 3.68. The Morgan fingerprint density at radius 1 is 1.20 bits per heavy atom. The Morgan fingerprint density at radius 2 is 2.00 bits per heavy atom. The highest BCUT2D eigenvalue weighted by molar-refractivity contribution is 9.09. The minimum atomic E-state index is 0.221. The number of benzene rings is 1. The molecule has 0 amide bonds. The fraction of sp³-hybridized carbons (Fsp3) is 0.500. The van der Waals surface area contributed by atoms with Crippen molar-refractivity contribution in [2.24, 2.45) is 0 Å². The van der Waals surface area contributed by atoms with Crippen molar-refractivity contribution < 1.29 is 9.47 Å². The highest BCUT2D eigenvalue weighted by Crippen LogP contribution is 2.31. The molecular formula is C12H15BrO2. The third-order valence-electron chi connectivity index (χ3n) is 2.48. The Labute approximate surface area is 98.7 Å². The molecule has 1 aromatic rings. The van der Waals surface area contributed by atoms with Crippen LogP contribution in [0.1, 0.15) is 19.3 Å². The van der Waals surface area contributed by atoms with Crippen molar-refractivity contribution in [1.29, 1.82) is 0 Å². The van der Waals surface area contributed by atoms with Crippen LogP contribution in [0.25, 0.3) is 0 Å². The molecule has 82 valence electrons. The highest BCUT2D eigenvalue weighted by atomic mass is 79.9. The average molecular weight is 271 g/mol. The summed E-state index contributed by atoms with van der Waals surface area (Å²) in [6, 6.07) is 7.85. The van der Waals surface area contributed by atoms with E-state index < -0.39 is 0 Å². The fourth-order valence-electron chi connectivity index (χ4n) is 1.67. The molecule has 1 aromatic carbocycles. The molecule has 2 nitrogen and oxygen atoms in total. The molecule has 0 saturated carbocycles. The van der Waals surface area contributed by atoms with E-state index in [1.165, 1.54) is 12.8 Å². The summed E-state index contributed by atoms with van der Waals surface area (Å²) in [5.41, 5.74) is 0. The standard InChI is InChI=1S/C12H15BrO2/c13-8-4-3-5-10-9-14-11-6-1-2-7-12(11)15-10/h1-2,6-7,10H,3-5,8-9H2. The van der Waals surface area contributed by atoms with Gasteiger partial charge in [-0.1, -0.05) is 28.1 Å². The van der Waals surface area contributed by atoms with E-state index in [0.717, 1.165) is 23.2 Å². The zero-order chi connectivity index (χ0) is 10.5. The van der Waals surface area contributed by atoms with Crippen LogP contribution in [-0.2, 0) is 0 Å². The molecule has 0 saturated heterocycles. The summed E-state index contributed by atoms with van der Waals surface area (Å²) in [5.74, 6) is 1.75. The van der Waals surface area contributed by atoms with Gasteiger partial charge in [-0.25, -0.2) is 0 Å². The fourth-order valence-corrected chi connectivity index (χ4v) is 2.07. The lowest BCUT2D eigenvalue weighted by molar-refractivity contribution is 0.0833. The predicted octanol–water partition coefficient (Wildman–Crippen LogP) is 3.39. The monoisotopic (exact) mass is 270 g/mol. The molecule has 1 aliphatic rings. The molecule has 2 rings (SSSR count). The van der Waals surface area contributed by atoms with Crippen molar-refractivity contribution in [3.05, 3.63) is 24.3 Å². The van der Waals surface area contributed by atoms with Gasteiger partial charge in [0.15, 0.2) is 11.5 Å². The first kappa shape index (κ1) is 10.8. The van der Waals surface area contributed by atoms with Crippen molar-refractivity contribution in [2.45, 2.75) is 25.4 Å². The lowest BCUT2D eigenvalue weighted by atomic mass is 10.1. The third kappa shape index (κ3) is 2.88. The number of hydrogen-bond donors (Lipinski definition) is 0. The van der Waals surface area contributed by atoms with Crippen molar-refractivity contribution in [3.63, 3.8) is 0 Å². The van der Waals surface area contributed by atoms with Gasteiger partial charge in [-0.3, -0.25) is 0 Å². The Balaban J connectivity index is 1.88. The van der Waals surface area contributed by atoms with Gasteiger partial charge in [0, 0.05) is 5.33 Å². The first-order chi connectivity index (χ1) is 7.40. The molecule has 1 heterocycles. The molecule has 0 aliphatic carbocycles. The van der Waals surface area contributed by atoms with Gasteiger partial charge in [0.25, 0.3) is 0 Å². The summed E-state index contributed by atoms with van der Waals surface area (Å²) in [4.78, 5) is 0. The number of hydrogen-bond acceptors (Lipinski definition) is 2. The Kier molecular flexibility index (Phi) is 3.89. The van der Waals surface area contributed by atoms with Crippen LogP contribution in [0.4, 0.5) is 0 Å². The molecule has 0 spiro atoms. The van der Waals surface area contributed by atoms with E-state index in [-0.39, 0.29) is 6.10 Å². The van der Waals surface area contributed by atoms with Crippen LogP contribution in [0.15, 0.2) is 24.3 Å². The van der Waals surface area contributed by atoms with Crippen LogP contribution < -0.4 is 9.47 Å². The zero-order valence-corrected chi connectivity index (χ0v) is 10.2. The third-order valence-corrected chi connectivity index (χ3v) is 3.04. The molecule has 0 aromatic heterocycles. The van der Waals surface area contributed by atoms with Gasteiger partial charge in [-0.2, -0.15) is 0 Å². The average Bonchev–Trinajstić information content (AvgIpc) is 2.29. The molecular weight excluding hydrogens is 256 g/mol. The maximum Gasteiger partial charge on any atom is 0.161 e. The molecule has 0 fully saturated rings. The number of halogens is 1. The summed E-state index contributed by atoms with van der Waals surface area (Å²) in [6.45, 7) is 0.680. The van der Waals surface area contributed by atoms with Crippen molar-refractivity contribution >= 4 is 15.9 Å². The van der Waals surface area contributed by atoms with Crippen molar-refractivity contribution in [2.75, 3.05) is 11.9 Å². The zero-order valence-electron chi connectivity index (χ0n) is 8.62. The Morgan fingerprint density at radius 3 is 2.80 bits per heavy atom. The molecule has 0 N–H and O–H groups in total. The maximum absolute atomic E-state index is 5.84. The molecule has 1 aliphatic heterocycles. The molecule has 15 heavy (non-hydrogen) atoms. The summed E-state index contributed by atoms with van der Waals surface area (Å²) in [6.07, 6.45) is 3.67. The minimum absolute atomic E-state index is 0.221. The van der Waals surface area contributed by atoms with Gasteiger partial charge >= 0.3 is 0 Å². The summed E-state index contributed by atoms with van der Waals surface area (Å²) in [5, 5.41) is 1.07. The molecule has 0 bridgehead atoms. The molecule has 3 heteroatoms. The van der Waals surface area contributed by atoms with E-state index >= 15 is 0 Å². The quantitative estimate of drug-likeness (QED) is 0.617. The predicted molar refractivity (Wildman–Crippen MR) is 64.0 cm³/mol. The molecule has 1 unspecified atom stereocenters. The van der Waals surface area contributed by atoms with E-state index in [2.05, 4.69) is 15.9 Å². The van der Waals surface area contributed by atoms with E-state index in [4.69, 9.17) is 9.47 Å². The summed E-state index contributed by atoms with van der Waals surface area (Å²) >= 11 is 3.43. The largest absolute Gasteiger partial charge is 0.486 e. The first-order valence-electron chi connectivity index (χ1n) is 5.34. The SMILES string of the molecule is BrCCCCC1COc2ccccc2O1. The van der Waals surface area contributed by atoms with Gasteiger partial charge in [0.2, 0.25) is 0 Å². The minimum Gasteiger partial charge on any atom is -0.486 e. The second-order valence-corrected chi connectivity index (χ2v) is 4.48. The van der Waals surface area contributed by atoms with Crippen LogP contribution in [-0.4, -0.2) is 18.0 Å². The van der Waals surface area contributed by atoms with Gasteiger partial charge in [0.05, 0.1) is 0 Å². The molecule has 1 atom stereocenters. The summed E-state index contributed by atoms with van der Waals surface area (Å²) < 4.78 is 11.5. The smallest absolute Gasteiger partial charge is 0.161 e. The van der Waals surface area contributed by atoms with Gasteiger partial charge < -0.3 is 9.47 Å². The van der Waals surface area contributed by atoms with Crippen molar-refractivity contribution in [3.8, 4) is 11.5 Å². The first-order valence-corrected chi connectivity index (χ1v) is 6.47. The lowest BCUT2D eigenvalue weighted by Crippen LogP contribution is -2.28. The van der Waals surface area contributed by atoms with Crippen LogP contribution in [0, 0.1) is 0 Å². The van der Waals surface area contributed by atoms with Crippen LogP contribution in [0.5, 0.6) is 11.5 Å². The van der Waals surface area contributed by atoms with E-state index in [9.17, 15) is 0 Å². The second kappa shape index (κ2) is 5.40. The van der Waals surface area contributed by atoms with E-state index in [1.54, 1.807) is 0 Å². The maximum atomic E-state index is 5.84. The Hall–Kier alpha value is -0.700. The number of alkyl halides is 1.